The number of rotatable bonds is 5. The topological polar surface area (TPSA) is 135 Å². The van der Waals surface area contributed by atoms with Gasteiger partial charge in [0, 0.05) is 0 Å². The van der Waals surface area contributed by atoms with E-state index in [1.54, 1.807) is 0 Å². The average molecular weight is 227 g/mol. The molecule has 0 aromatic carbocycles. The summed E-state index contributed by atoms with van der Waals surface area (Å²) in [5.74, 6) is -5.26. The Morgan fingerprint density at radius 3 is 2.00 bits per heavy atom. The molecule has 0 amide bonds. The number of carbonyl (C=O) groups is 2. The van der Waals surface area contributed by atoms with Gasteiger partial charge in [0.25, 0.3) is 0 Å². The first-order valence-corrected chi connectivity index (χ1v) is 5.04. The molecule has 0 aromatic heterocycles. The third kappa shape index (κ3) is 3.84. The smallest absolute Gasteiger partial charge is 0.354 e. The molecule has 0 saturated heterocycles. The molecule has 0 fully saturated rings. The van der Waals surface area contributed by atoms with Gasteiger partial charge < -0.3 is 20.0 Å². The first-order chi connectivity index (χ1) is 6.16. The van der Waals surface area contributed by atoms with E-state index in [2.05, 4.69) is 0 Å². The van der Waals surface area contributed by atoms with E-state index in [4.69, 9.17) is 20.0 Å². The molecule has 0 heterocycles. The van der Waals surface area contributed by atoms with Crippen molar-refractivity contribution in [2.24, 2.45) is 0 Å². The Balaban J connectivity index is 4.76. The van der Waals surface area contributed by atoms with Gasteiger partial charge in [0.2, 0.25) is 5.78 Å². The lowest BCUT2D eigenvalue weighted by Gasteiger charge is -2.23. The molecule has 4 N–H and O–H groups in total. The highest BCUT2D eigenvalue weighted by atomic mass is 31.2. The molecule has 1 atom stereocenters. The van der Waals surface area contributed by atoms with Gasteiger partial charge in [-0.3, -0.25) is 14.3 Å². The number of carboxylic acid groups (broad SMARTS) is 2. The van der Waals surface area contributed by atoms with Crippen LogP contribution in [0.3, 0.4) is 0 Å². The van der Waals surface area contributed by atoms with Crippen LogP contribution in [-0.4, -0.2) is 56.2 Å². The van der Waals surface area contributed by atoms with Crippen LogP contribution in [0.15, 0.2) is 0 Å². The summed E-state index contributed by atoms with van der Waals surface area (Å²) < 4.78 is 10.7. The van der Waals surface area contributed by atoms with Crippen molar-refractivity contribution in [3.05, 3.63) is 0 Å². The second-order valence-electron chi connectivity index (χ2n) is 2.61. The lowest BCUT2D eigenvalue weighted by molar-refractivity contribution is -0.142. The van der Waals surface area contributed by atoms with Crippen molar-refractivity contribution in [2.75, 3.05) is 13.6 Å². The van der Waals surface area contributed by atoms with Gasteiger partial charge >= 0.3 is 19.5 Å². The molecule has 0 spiro atoms. The summed E-state index contributed by atoms with van der Waals surface area (Å²) >= 11 is 0. The van der Waals surface area contributed by atoms with Crippen LogP contribution in [0.25, 0.3) is 0 Å². The van der Waals surface area contributed by atoms with Crippen molar-refractivity contribution < 1.29 is 34.2 Å². The molecule has 0 aliphatic heterocycles. The molecular formula is C5H10NO7P. The first kappa shape index (κ1) is 13.1. The van der Waals surface area contributed by atoms with Crippen LogP contribution in [0.4, 0.5) is 0 Å². The second-order valence-corrected chi connectivity index (χ2v) is 4.28. The van der Waals surface area contributed by atoms with E-state index in [-0.39, 0.29) is 0 Å². The van der Waals surface area contributed by atoms with Gasteiger partial charge in [0.05, 0.1) is 6.54 Å². The number of hydrogen-bond acceptors (Lipinski definition) is 4. The minimum atomic E-state index is -4.88. The summed E-state index contributed by atoms with van der Waals surface area (Å²) in [6.45, 7) is -0.762. The van der Waals surface area contributed by atoms with Crippen molar-refractivity contribution >= 4 is 19.5 Å². The summed E-state index contributed by atoms with van der Waals surface area (Å²) in [4.78, 5) is 38.4. The minimum absolute atomic E-state index is 0.561. The summed E-state index contributed by atoms with van der Waals surface area (Å²) in [6, 6.07) is 0. The quantitative estimate of drug-likeness (QED) is 0.420. The van der Waals surface area contributed by atoms with Crippen LogP contribution in [0.2, 0.25) is 0 Å². The normalized spacial score (nSPS) is 14.0. The van der Waals surface area contributed by atoms with Gasteiger partial charge in [-0.15, -0.1) is 0 Å². The third-order valence-corrected chi connectivity index (χ3v) is 2.59. The number of aliphatic carboxylic acids is 2. The Labute approximate surface area is 78.9 Å². The Morgan fingerprint density at radius 2 is 1.79 bits per heavy atom. The first-order valence-electron chi connectivity index (χ1n) is 3.36. The SMILES string of the molecule is CN(CC(=O)O)C(C(=O)O)P(=O)(O)O. The van der Waals surface area contributed by atoms with E-state index in [0.29, 0.717) is 4.90 Å². The predicted octanol–water partition coefficient (Wildman–Crippen LogP) is -1.41. The predicted molar refractivity (Wildman–Crippen MR) is 43.7 cm³/mol. The van der Waals surface area contributed by atoms with Gasteiger partial charge in [-0.05, 0) is 7.05 Å². The second kappa shape index (κ2) is 4.52. The summed E-state index contributed by atoms with van der Waals surface area (Å²) in [5.41, 5.74) is 0. The third-order valence-electron chi connectivity index (χ3n) is 1.34. The maximum Gasteiger partial charge on any atom is 0.354 e. The van der Waals surface area contributed by atoms with E-state index >= 15 is 0 Å². The number of carboxylic acids is 2. The van der Waals surface area contributed by atoms with E-state index < -0.39 is 31.9 Å². The Hall–Kier alpha value is -0.950. The summed E-state index contributed by atoms with van der Waals surface area (Å²) in [5, 5.41) is 16.8. The Morgan fingerprint density at radius 1 is 1.36 bits per heavy atom. The van der Waals surface area contributed by atoms with Crippen molar-refractivity contribution in [3.63, 3.8) is 0 Å². The Kier molecular flexibility index (Phi) is 4.21. The standard InChI is InChI=1S/C5H10NO7P/c1-6(2-3(7)8)4(5(9)10)14(11,12)13/h4H,2H2,1H3,(H,7,8)(H,9,10)(H2,11,12,13). The van der Waals surface area contributed by atoms with E-state index in [0.717, 1.165) is 7.05 Å². The highest BCUT2D eigenvalue weighted by Crippen LogP contribution is 2.42. The van der Waals surface area contributed by atoms with Crippen LogP contribution in [0.5, 0.6) is 0 Å². The van der Waals surface area contributed by atoms with Crippen molar-refractivity contribution in [3.8, 4) is 0 Å². The zero-order chi connectivity index (χ0) is 11.5. The van der Waals surface area contributed by atoms with Gasteiger partial charge in [-0.2, -0.15) is 0 Å². The molecule has 0 aliphatic rings. The van der Waals surface area contributed by atoms with Gasteiger partial charge in [-0.1, -0.05) is 0 Å². The number of hydrogen-bond donors (Lipinski definition) is 4. The van der Waals surface area contributed by atoms with Crippen molar-refractivity contribution in [1.29, 1.82) is 0 Å². The monoisotopic (exact) mass is 227 g/mol. The fourth-order valence-electron chi connectivity index (χ4n) is 0.889. The fraction of sp³-hybridized carbons (Fsp3) is 0.600. The molecule has 14 heavy (non-hydrogen) atoms. The molecule has 0 aliphatic carbocycles. The molecule has 0 aromatic rings. The fourth-order valence-corrected chi connectivity index (χ4v) is 1.77. The van der Waals surface area contributed by atoms with Crippen LogP contribution in [-0.2, 0) is 14.2 Å². The van der Waals surface area contributed by atoms with Gasteiger partial charge in [0.1, 0.15) is 0 Å². The number of nitrogens with zero attached hydrogens (tertiary/aromatic N) is 1. The minimum Gasteiger partial charge on any atom is -0.480 e. The Bertz CT molecular complexity index is 284. The maximum atomic E-state index is 10.7. The molecule has 0 bridgehead atoms. The molecule has 0 rings (SSSR count). The van der Waals surface area contributed by atoms with Crippen LogP contribution in [0.1, 0.15) is 0 Å². The molecule has 0 saturated carbocycles. The average Bonchev–Trinajstić information content (AvgIpc) is 1.78. The highest BCUT2D eigenvalue weighted by Gasteiger charge is 2.39. The van der Waals surface area contributed by atoms with E-state index in [1.165, 1.54) is 0 Å². The van der Waals surface area contributed by atoms with E-state index in [9.17, 15) is 14.2 Å². The summed E-state index contributed by atoms with van der Waals surface area (Å²) in [7, 11) is -3.88. The molecule has 8 nitrogen and oxygen atoms in total. The molecule has 82 valence electrons. The molecule has 1 unspecified atom stereocenters. The van der Waals surface area contributed by atoms with Crippen molar-refractivity contribution in [2.45, 2.75) is 5.78 Å². The zero-order valence-corrected chi connectivity index (χ0v) is 8.09. The van der Waals surface area contributed by atoms with Gasteiger partial charge in [0.15, 0.2) is 0 Å². The number of likely N-dealkylation sites (N-methyl/N-ethyl adjacent to an activating group) is 1. The summed E-state index contributed by atoms with van der Waals surface area (Å²) in [6.07, 6.45) is 0. The van der Waals surface area contributed by atoms with Crippen LogP contribution < -0.4 is 0 Å². The maximum absolute atomic E-state index is 10.7. The zero-order valence-electron chi connectivity index (χ0n) is 7.19. The van der Waals surface area contributed by atoms with Crippen LogP contribution in [0, 0.1) is 0 Å². The van der Waals surface area contributed by atoms with Crippen LogP contribution >= 0.6 is 7.60 Å². The lowest BCUT2D eigenvalue weighted by Crippen LogP contribution is -2.41. The van der Waals surface area contributed by atoms with Crippen molar-refractivity contribution in [1.82, 2.24) is 4.90 Å². The largest absolute Gasteiger partial charge is 0.480 e. The lowest BCUT2D eigenvalue weighted by atomic mass is 10.5. The highest BCUT2D eigenvalue weighted by molar-refractivity contribution is 7.53. The van der Waals surface area contributed by atoms with E-state index in [1.807, 2.05) is 0 Å². The molecule has 9 heteroatoms. The van der Waals surface area contributed by atoms with Gasteiger partial charge in [-0.25, -0.2) is 4.79 Å². The molecular weight excluding hydrogens is 217 g/mol. The molecule has 0 radical (unpaired) electrons.